The molecule has 0 saturated heterocycles. The van der Waals surface area contributed by atoms with E-state index < -0.39 is 0 Å². The van der Waals surface area contributed by atoms with E-state index in [1.807, 2.05) is 30.3 Å². The van der Waals surface area contributed by atoms with Crippen molar-refractivity contribution in [1.29, 1.82) is 0 Å². The Balaban J connectivity index is 2.07. The molecule has 0 atom stereocenters. The van der Waals surface area contributed by atoms with E-state index in [1.165, 1.54) is 5.56 Å². The van der Waals surface area contributed by atoms with E-state index in [0.29, 0.717) is 6.54 Å². The van der Waals surface area contributed by atoms with Crippen LogP contribution in [0.5, 0.6) is 0 Å². The highest BCUT2D eigenvalue weighted by atomic mass is 79.9. The van der Waals surface area contributed by atoms with Gasteiger partial charge in [0.1, 0.15) is 10.1 Å². The van der Waals surface area contributed by atoms with E-state index >= 15 is 0 Å². The number of para-hydroxylation sites is 1. The van der Waals surface area contributed by atoms with E-state index in [9.17, 15) is 0 Å². The van der Waals surface area contributed by atoms with Gasteiger partial charge in [0.2, 0.25) is 0 Å². The molecular formula is C16H14BrN3S. The number of benzene rings is 1. The van der Waals surface area contributed by atoms with Crippen molar-refractivity contribution >= 4 is 38.6 Å². The number of hydrogen-bond donors (Lipinski definition) is 1. The van der Waals surface area contributed by atoms with Crippen molar-refractivity contribution in [2.24, 2.45) is 5.73 Å². The summed E-state index contributed by atoms with van der Waals surface area (Å²) in [4.78, 5) is 9.18. The van der Waals surface area contributed by atoms with E-state index in [-0.39, 0.29) is 0 Å². The van der Waals surface area contributed by atoms with Crippen LogP contribution in [0.15, 0.2) is 63.2 Å². The number of aromatic nitrogens is 2. The Hall–Kier alpha value is -1.43. The Labute approximate surface area is 136 Å². The lowest BCUT2D eigenvalue weighted by molar-refractivity contribution is 0.920. The SMILES string of the molecule is NCCc1cc2ccccc2nc1Sc1ncccc1Br. The van der Waals surface area contributed by atoms with Gasteiger partial charge in [0.25, 0.3) is 0 Å². The molecule has 5 heteroatoms. The van der Waals surface area contributed by atoms with Gasteiger partial charge in [0.05, 0.1) is 9.99 Å². The van der Waals surface area contributed by atoms with Crippen molar-refractivity contribution in [2.45, 2.75) is 16.5 Å². The van der Waals surface area contributed by atoms with Crippen LogP contribution < -0.4 is 5.73 Å². The third-order valence-corrected chi connectivity index (χ3v) is 5.06. The van der Waals surface area contributed by atoms with Crippen molar-refractivity contribution in [3.63, 3.8) is 0 Å². The predicted octanol–water partition coefficient (Wildman–Crippen LogP) is 4.04. The summed E-state index contributed by atoms with van der Waals surface area (Å²) in [6, 6.07) is 14.2. The Morgan fingerprint density at radius 1 is 1.10 bits per heavy atom. The zero-order chi connectivity index (χ0) is 14.7. The highest BCUT2D eigenvalue weighted by Crippen LogP contribution is 2.33. The zero-order valence-corrected chi connectivity index (χ0v) is 13.7. The molecule has 0 fully saturated rings. The normalized spacial score (nSPS) is 11.0. The third-order valence-electron chi connectivity index (χ3n) is 3.09. The van der Waals surface area contributed by atoms with E-state index in [0.717, 1.165) is 31.8 Å². The highest BCUT2D eigenvalue weighted by Gasteiger charge is 2.11. The second-order valence-corrected chi connectivity index (χ2v) is 6.41. The van der Waals surface area contributed by atoms with Crippen molar-refractivity contribution in [3.05, 3.63) is 58.7 Å². The molecule has 0 radical (unpaired) electrons. The first-order valence-corrected chi connectivity index (χ1v) is 8.26. The smallest absolute Gasteiger partial charge is 0.116 e. The van der Waals surface area contributed by atoms with Gasteiger partial charge >= 0.3 is 0 Å². The van der Waals surface area contributed by atoms with Crippen LogP contribution in [-0.4, -0.2) is 16.5 Å². The molecule has 1 aromatic carbocycles. The number of halogens is 1. The average Bonchev–Trinajstić information content (AvgIpc) is 2.50. The van der Waals surface area contributed by atoms with E-state index in [1.54, 1.807) is 18.0 Å². The maximum atomic E-state index is 5.73. The van der Waals surface area contributed by atoms with Crippen LogP contribution in [0.1, 0.15) is 5.56 Å². The number of fused-ring (bicyclic) bond motifs is 1. The highest BCUT2D eigenvalue weighted by molar-refractivity contribution is 9.10. The number of pyridine rings is 2. The van der Waals surface area contributed by atoms with Crippen LogP contribution in [0.25, 0.3) is 10.9 Å². The minimum absolute atomic E-state index is 0.608. The molecule has 2 heterocycles. The van der Waals surface area contributed by atoms with Gasteiger partial charge in [0.15, 0.2) is 0 Å². The van der Waals surface area contributed by atoms with Crippen LogP contribution in [0, 0.1) is 0 Å². The number of nitrogens with zero attached hydrogens (tertiary/aromatic N) is 2. The predicted molar refractivity (Wildman–Crippen MR) is 90.6 cm³/mol. The summed E-state index contributed by atoms with van der Waals surface area (Å²) >= 11 is 5.10. The van der Waals surface area contributed by atoms with Gasteiger partial charge in [-0.25, -0.2) is 9.97 Å². The Morgan fingerprint density at radius 3 is 2.76 bits per heavy atom. The number of nitrogens with two attached hydrogens (primary N) is 1. The molecule has 0 saturated carbocycles. The Kier molecular flexibility index (Phi) is 4.53. The summed E-state index contributed by atoms with van der Waals surface area (Å²) in [5.41, 5.74) is 7.89. The van der Waals surface area contributed by atoms with Crippen molar-refractivity contribution in [1.82, 2.24) is 9.97 Å². The Morgan fingerprint density at radius 2 is 1.95 bits per heavy atom. The lowest BCUT2D eigenvalue weighted by Crippen LogP contribution is -2.05. The molecule has 0 unspecified atom stereocenters. The summed E-state index contributed by atoms with van der Waals surface area (Å²) in [5.74, 6) is 0. The third kappa shape index (κ3) is 3.26. The first kappa shape index (κ1) is 14.5. The maximum Gasteiger partial charge on any atom is 0.116 e. The summed E-state index contributed by atoms with van der Waals surface area (Å²) in [5, 5.41) is 3.03. The Bertz CT molecular complexity index is 776. The van der Waals surface area contributed by atoms with Crippen molar-refractivity contribution in [3.8, 4) is 0 Å². The number of rotatable bonds is 4. The van der Waals surface area contributed by atoms with Crippen molar-refractivity contribution in [2.75, 3.05) is 6.54 Å². The quantitative estimate of drug-likeness (QED) is 0.763. The van der Waals surface area contributed by atoms with Gasteiger partial charge in [-0.2, -0.15) is 0 Å². The minimum atomic E-state index is 0.608. The molecule has 106 valence electrons. The molecule has 0 aliphatic carbocycles. The first-order valence-electron chi connectivity index (χ1n) is 6.65. The van der Waals surface area contributed by atoms with Crippen LogP contribution in [0.3, 0.4) is 0 Å². The molecule has 0 aliphatic heterocycles. The number of hydrogen-bond acceptors (Lipinski definition) is 4. The standard InChI is InChI=1S/C16H14BrN3S/c17-13-5-3-9-19-16(13)21-15-12(7-8-18)10-11-4-1-2-6-14(11)20-15/h1-6,9-10H,7-8,18H2. The molecular weight excluding hydrogens is 346 g/mol. The first-order chi connectivity index (χ1) is 10.3. The largest absolute Gasteiger partial charge is 0.330 e. The van der Waals surface area contributed by atoms with Crippen LogP contribution in [-0.2, 0) is 6.42 Å². The molecule has 0 amide bonds. The summed E-state index contributed by atoms with van der Waals surface area (Å²) in [6.45, 7) is 0.608. The molecule has 2 N–H and O–H groups in total. The molecule has 0 aliphatic rings. The van der Waals surface area contributed by atoms with Gasteiger partial charge in [-0.1, -0.05) is 18.2 Å². The van der Waals surface area contributed by atoms with Crippen LogP contribution >= 0.6 is 27.7 Å². The zero-order valence-electron chi connectivity index (χ0n) is 11.3. The molecule has 0 spiro atoms. The van der Waals surface area contributed by atoms with Gasteiger partial charge in [-0.15, -0.1) is 0 Å². The molecule has 2 aromatic heterocycles. The lowest BCUT2D eigenvalue weighted by Gasteiger charge is -2.10. The summed E-state index contributed by atoms with van der Waals surface area (Å²) in [7, 11) is 0. The summed E-state index contributed by atoms with van der Waals surface area (Å²) in [6.07, 6.45) is 2.60. The second kappa shape index (κ2) is 6.56. The minimum Gasteiger partial charge on any atom is -0.330 e. The molecule has 0 bridgehead atoms. The lowest BCUT2D eigenvalue weighted by atomic mass is 10.1. The van der Waals surface area contributed by atoms with Crippen LogP contribution in [0.4, 0.5) is 0 Å². The van der Waals surface area contributed by atoms with Gasteiger partial charge in [-0.05, 0) is 70.5 Å². The molecule has 3 nitrogen and oxygen atoms in total. The fourth-order valence-corrected chi connectivity index (χ4v) is 3.50. The summed E-state index contributed by atoms with van der Waals surface area (Å²) < 4.78 is 0.976. The van der Waals surface area contributed by atoms with E-state index in [2.05, 4.69) is 33.0 Å². The maximum absolute atomic E-state index is 5.73. The molecule has 3 aromatic rings. The van der Waals surface area contributed by atoms with Crippen molar-refractivity contribution < 1.29 is 0 Å². The van der Waals surface area contributed by atoms with E-state index in [4.69, 9.17) is 10.7 Å². The topological polar surface area (TPSA) is 51.8 Å². The second-order valence-electron chi connectivity index (χ2n) is 4.58. The van der Waals surface area contributed by atoms with Gasteiger partial charge in [0, 0.05) is 11.6 Å². The average molecular weight is 360 g/mol. The monoisotopic (exact) mass is 359 g/mol. The fraction of sp³-hybridized carbons (Fsp3) is 0.125. The van der Waals surface area contributed by atoms with Crippen LogP contribution in [0.2, 0.25) is 0 Å². The van der Waals surface area contributed by atoms with Gasteiger partial charge in [-0.3, -0.25) is 0 Å². The van der Waals surface area contributed by atoms with Gasteiger partial charge < -0.3 is 5.73 Å². The fourth-order valence-electron chi connectivity index (χ4n) is 2.10. The molecule has 21 heavy (non-hydrogen) atoms. The molecule has 3 rings (SSSR count).